The van der Waals surface area contributed by atoms with Crippen LogP contribution >= 0.6 is 23.2 Å². The topological polar surface area (TPSA) is 38.3 Å². The zero-order valence-corrected chi connectivity index (χ0v) is 11.5. The smallest absolute Gasteiger partial charge is 0.407 e. The van der Waals surface area contributed by atoms with Crippen LogP contribution in [-0.2, 0) is 4.74 Å². The molecule has 1 N–H and O–H groups in total. The molecular weight excluding hydrogens is 261 g/mol. The summed E-state index contributed by atoms with van der Waals surface area (Å²) < 4.78 is 4.99. The number of amides is 1. The number of carbonyl (C=O) groups is 1. The highest BCUT2D eigenvalue weighted by molar-refractivity contribution is 6.35. The molecule has 1 aromatic rings. The standard InChI is InChI=1S/C12H15Cl2NO2/c1-7(2)17-12(16)15-8(3)10-5-4-9(13)6-11(10)14/h4-8H,1-3H3,(H,15,16). The summed E-state index contributed by atoms with van der Waals surface area (Å²) in [5.41, 5.74) is 0.803. The molecule has 0 spiro atoms. The Morgan fingerprint density at radius 3 is 2.47 bits per heavy atom. The van der Waals surface area contributed by atoms with Crippen molar-refractivity contribution >= 4 is 29.3 Å². The second-order valence-corrected chi connectivity index (χ2v) is 4.83. The van der Waals surface area contributed by atoms with E-state index in [2.05, 4.69) is 5.32 Å². The molecule has 0 radical (unpaired) electrons. The van der Waals surface area contributed by atoms with Crippen molar-refractivity contribution in [3.63, 3.8) is 0 Å². The minimum absolute atomic E-state index is 0.150. The first-order valence-corrected chi connectivity index (χ1v) is 6.08. The molecule has 0 saturated heterocycles. The largest absolute Gasteiger partial charge is 0.447 e. The molecule has 0 saturated carbocycles. The quantitative estimate of drug-likeness (QED) is 0.898. The van der Waals surface area contributed by atoms with Crippen molar-refractivity contribution < 1.29 is 9.53 Å². The number of ether oxygens (including phenoxy) is 1. The highest BCUT2D eigenvalue weighted by Gasteiger charge is 2.14. The summed E-state index contributed by atoms with van der Waals surface area (Å²) in [5, 5.41) is 3.79. The molecular formula is C12H15Cl2NO2. The fourth-order valence-corrected chi connectivity index (χ4v) is 1.93. The zero-order valence-electron chi connectivity index (χ0n) is 9.96. The number of halogens is 2. The van der Waals surface area contributed by atoms with Crippen LogP contribution in [0, 0.1) is 0 Å². The lowest BCUT2D eigenvalue weighted by Crippen LogP contribution is -2.29. The lowest BCUT2D eigenvalue weighted by molar-refractivity contribution is 0.113. The van der Waals surface area contributed by atoms with Gasteiger partial charge in [0.25, 0.3) is 0 Å². The Bertz CT molecular complexity index is 407. The number of hydrogen-bond donors (Lipinski definition) is 1. The van der Waals surface area contributed by atoms with Gasteiger partial charge in [-0.15, -0.1) is 0 Å². The summed E-state index contributed by atoms with van der Waals surface area (Å²) >= 11 is 11.8. The Balaban J connectivity index is 2.69. The maximum atomic E-state index is 11.4. The van der Waals surface area contributed by atoms with Crippen molar-refractivity contribution in [2.24, 2.45) is 0 Å². The van der Waals surface area contributed by atoms with Crippen LogP contribution in [0.4, 0.5) is 4.79 Å². The monoisotopic (exact) mass is 275 g/mol. The van der Waals surface area contributed by atoms with Crippen LogP contribution in [0.3, 0.4) is 0 Å². The molecule has 1 amide bonds. The van der Waals surface area contributed by atoms with Crippen LogP contribution in [0.2, 0.25) is 10.0 Å². The fraction of sp³-hybridized carbons (Fsp3) is 0.417. The average Bonchev–Trinajstić information content (AvgIpc) is 2.15. The molecule has 17 heavy (non-hydrogen) atoms. The third kappa shape index (κ3) is 4.44. The SMILES string of the molecule is CC(C)OC(=O)NC(C)c1ccc(Cl)cc1Cl. The molecule has 1 atom stereocenters. The van der Waals surface area contributed by atoms with Gasteiger partial charge in [0.15, 0.2) is 0 Å². The first-order valence-electron chi connectivity index (χ1n) is 5.32. The van der Waals surface area contributed by atoms with Gasteiger partial charge in [0, 0.05) is 10.0 Å². The Kier molecular flexibility index (Phi) is 5.09. The summed E-state index contributed by atoms with van der Waals surface area (Å²) in [7, 11) is 0. The van der Waals surface area contributed by atoms with E-state index in [1.807, 2.05) is 6.92 Å². The molecule has 0 aliphatic rings. The number of nitrogens with one attached hydrogen (secondary N) is 1. The summed E-state index contributed by atoms with van der Waals surface area (Å²) in [6.07, 6.45) is -0.610. The zero-order chi connectivity index (χ0) is 13.0. The summed E-state index contributed by atoms with van der Waals surface area (Å²) in [5.74, 6) is 0. The van der Waals surface area contributed by atoms with Crippen LogP contribution < -0.4 is 5.32 Å². The van der Waals surface area contributed by atoms with Gasteiger partial charge >= 0.3 is 6.09 Å². The van der Waals surface area contributed by atoms with E-state index in [-0.39, 0.29) is 12.1 Å². The fourth-order valence-electron chi connectivity index (χ4n) is 1.36. The molecule has 1 unspecified atom stereocenters. The normalized spacial score (nSPS) is 12.4. The third-order valence-electron chi connectivity index (χ3n) is 2.11. The molecule has 3 nitrogen and oxygen atoms in total. The van der Waals surface area contributed by atoms with Gasteiger partial charge in [-0.1, -0.05) is 29.3 Å². The first-order chi connectivity index (χ1) is 7.90. The number of hydrogen-bond acceptors (Lipinski definition) is 2. The van der Waals surface area contributed by atoms with E-state index < -0.39 is 6.09 Å². The van der Waals surface area contributed by atoms with Gasteiger partial charge in [-0.2, -0.15) is 0 Å². The molecule has 0 aromatic heterocycles. The molecule has 1 aromatic carbocycles. The second-order valence-electron chi connectivity index (χ2n) is 3.99. The predicted molar refractivity (Wildman–Crippen MR) is 69.6 cm³/mol. The van der Waals surface area contributed by atoms with Gasteiger partial charge in [-0.25, -0.2) is 4.79 Å². The summed E-state index contributed by atoms with van der Waals surface area (Å²) in [6.45, 7) is 5.41. The van der Waals surface area contributed by atoms with E-state index in [1.54, 1.807) is 32.0 Å². The predicted octanol–water partition coefficient (Wildman–Crippen LogP) is 4.19. The van der Waals surface area contributed by atoms with E-state index >= 15 is 0 Å². The number of alkyl carbamates (subject to hydrolysis) is 1. The highest BCUT2D eigenvalue weighted by atomic mass is 35.5. The number of benzene rings is 1. The minimum Gasteiger partial charge on any atom is -0.447 e. The molecule has 0 bridgehead atoms. The maximum Gasteiger partial charge on any atom is 0.407 e. The van der Waals surface area contributed by atoms with Crippen molar-refractivity contribution in [2.45, 2.75) is 32.9 Å². The molecule has 5 heteroatoms. The van der Waals surface area contributed by atoms with Crippen LogP contribution in [0.1, 0.15) is 32.4 Å². The maximum absolute atomic E-state index is 11.4. The lowest BCUT2D eigenvalue weighted by atomic mass is 10.1. The van der Waals surface area contributed by atoms with Crippen molar-refractivity contribution in [1.82, 2.24) is 5.32 Å². The molecule has 0 aliphatic heterocycles. The molecule has 0 aliphatic carbocycles. The van der Waals surface area contributed by atoms with E-state index in [0.29, 0.717) is 10.0 Å². The van der Waals surface area contributed by atoms with Crippen LogP contribution in [0.5, 0.6) is 0 Å². The molecule has 0 fully saturated rings. The Hall–Kier alpha value is -0.930. The highest BCUT2D eigenvalue weighted by Crippen LogP contribution is 2.26. The molecule has 1 rings (SSSR count). The van der Waals surface area contributed by atoms with E-state index in [1.165, 1.54) is 0 Å². The van der Waals surface area contributed by atoms with Crippen molar-refractivity contribution in [1.29, 1.82) is 0 Å². The van der Waals surface area contributed by atoms with E-state index in [9.17, 15) is 4.79 Å². The van der Waals surface area contributed by atoms with Gasteiger partial charge < -0.3 is 10.1 Å². The van der Waals surface area contributed by atoms with Crippen LogP contribution in [0.15, 0.2) is 18.2 Å². The lowest BCUT2D eigenvalue weighted by Gasteiger charge is -2.17. The summed E-state index contributed by atoms with van der Waals surface area (Å²) in [6, 6.07) is 4.93. The Morgan fingerprint density at radius 2 is 1.94 bits per heavy atom. The van der Waals surface area contributed by atoms with Gasteiger partial charge in [-0.05, 0) is 38.5 Å². The van der Waals surface area contributed by atoms with E-state index in [0.717, 1.165) is 5.56 Å². The number of rotatable bonds is 3. The Morgan fingerprint density at radius 1 is 1.29 bits per heavy atom. The van der Waals surface area contributed by atoms with Crippen LogP contribution in [0.25, 0.3) is 0 Å². The number of carbonyl (C=O) groups excluding carboxylic acids is 1. The Labute approximate surface area is 111 Å². The first kappa shape index (κ1) is 14.1. The van der Waals surface area contributed by atoms with Gasteiger partial charge in [0.1, 0.15) is 0 Å². The van der Waals surface area contributed by atoms with Gasteiger partial charge in [0.05, 0.1) is 12.1 Å². The van der Waals surface area contributed by atoms with Gasteiger partial charge in [-0.3, -0.25) is 0 Å². The second kappa shape index (κ2) is 6.12. The van der Waals surface area contributed by atoms with Crippen molar-refractivity contribution in [3.05, 3.63) is 33.8 Å². The van der Waals surface area contributed by atoms with Crippen LogP contribution in [-0.4, -0.2) is 12.2 Å². The average molecular weight is 276 g/mol. The van der Waals surface area contributed by atoms with Gasteiger partial charge in [0.2, 0.25) is 0 Å². The minimum atomic E-state index is -0.460. The van der Waals surface area contributed by atoms with Crippen molar-refractivity contribution in [3.8, 4) is 0 Å². The van der Waals surface area contributed by atoms with Crippen molar-refractivity contribution in [2.75, 3.05) is 0 Å². The molecule has 0 heterocycles. The van der Waals surface area contributed by atoms with E-state index in [4.69, 9.17) is 27.9 Å². The molecule has 94 valence electrons. The summed E-state index contributed by atoms with van der Waals surface area (Å²) in [4.78, 5) is 11.4. The third-order valence-corrected chi connectivity index (χ3v) is 2.67.